The van der Waals surface area contributed by atoms with Crippen LogP contribution in [-0.4, -0.2) is 38.7 Å². The fourth-order valence-corrected chi connectivity index (χ4v) is 2.86. The molecule has 1 aromatic heterocycles. The van der Waals surface area contributed by atoms with Crippen LogP contribution in [0.5, 0.6) is 0 Å². The molecule has 0 spiro atoms. The molecule has 0 fully saturated rings. The van der Waals surface area contributed by atoms with Crippen LogP contribution in [0, 0.1) is 6.92 Å². The van der Waals surface area contributed by atoms with Crippen molar-refractivity contribution in [3.63, 3.8) is 0 Å². The summed E-state index contributed by atoms with van der Waals surface area (Å²) in [6, 6.07) is 9.68. The molecule has 0 saturated carbocycles. The number of ether oxygens (including phenoxy) is 1. The first-order chi connectivity index (χ1) is 12.1. The van der Waals surface area contributed by atoms with Gasteiger partial charge in [0, 0.05) is 19.1 Å². The van der Waals surface area contributed by atoms with Gasteiger partial charge in [0.25, 0.3) is 5.91 Å². The van der Waals surface area contributed by atoms with Gasteiger partial charge in [0.2, 0.25) is 0 Å². The molecule has 140 valence electrons. The molecule has 2 aromatic rings. The van der Waals surface area contributed by atoms with Crippen molar-refractivity contribution in [3.8, 4) is 0 Å². The van der Waals surface area contributed by atoms with Crippen LogP contribution >= 0.6 is 11.6 Å². The minimum atomic E-state index is -0.650. The normalized spacial score (nSPS) is 11.3. The van der Waals surface area contributed by atoms with Crippen molar-refractivity contribution < 1.29 is 14.3 Å². The van der Waals surface area contributed by atoms with Crippen LogP contribution in [0.2, 0.25) is 5.15 Å². The van der Waals surface area contributed by atoms with Gasteiger partial charge in [-0.15, -0.1) is 0 Å². The maximum absolute atomic E-state index is 12.7. The Morgan fingerprint density at radius 3 is 2.35 bits per heavy atom. The van der Waals surface area contributed by atoms with Gasteiger partial charge in [-0.05, 0) is 33.3 Å². The van der Waals surface area contributed by atoms with E-state index in [1.165, 1.54) is 4.68 Å². The molecule has 0 atom stereocenters. The number of nitrogens with zero attached hydrogens (tertiary/aromatic N) is 3. The molecule has 2 rings (SSSR count). The Morgan fingerprint density at radius 2 is 1.85 bits per heavy atom. The van der Waals surface area contributed by atoms with E-state index in [0.29, 0.717) is 12.2 Å². The largest absolute Gasteiger partial charge is 0.452 e. The predicted octanol–water partition coefficient (Wildman–Crippen LogP) is 3.37. The molecule has 0 saturated heterocycles. The molecule has 7 heteroatoms. The first kappa shape index (κ1) is 20.0. The van der Waals surface area contributed by atoms with Gasteiger partial charge in [-0.1, -0.05) is 41.9 Å². The van der Waals surface area contributed by atoms with Crippen molar-refractivity contribution in [1.29, 1.82) is 0 Å². The number of aromatic nitrogens is 2. The molecular formula is C19H24ClN3O3. The number of carbonyl (C=O) groups is 2. The smallest absolute Gasteiger partial charge is 0.343 e. The topological polar surface area (TPSA) is 64.4 Å². The van der Waals surface area contributed by atoms with E-state index < -0.39 is 11.5 Å². The maximum Gasteiger partial charge on any atom is 0.343 e. The summed E-state index contributed by atoms with van der Waals surface area (Å²) >= 11 is 6.07. The lowest BCUT2D eigenvalue weighted by atomic mass is 10.0. The molecule has 1 amide bonds. The second-order valence-electron chi connectivity index (χ2n) is 7.09. The van der Waals surface area contributed by atoms with Crippen LogP contribution in [0.25, 0.3) is 0 Å². The lowest BCUT2D eigenvalue weighted by Gasteiger charge is -2.35. The van der Waals surface area contributed by atoms with Crippen molar-refractivity contribution in [2.45, 2.75) is 39.8 Å². The zero-order chi connectivity index (χ0) is 19.5. The zero-order valence-electron chi connectivity index (χ0n) is 15.7. The summed E-state index contributed by atoms with van der Waals surface area (Å²) < 4.78 is 6.61. The summed E-state index contributed by atoms with van der Waals surface area (Å²) in [6.45, 7) is 7.58. The number of esters is 1. The van der Waals surface area contributed by atoms with Gasteiger partial charge >= 0.3 is 5.97 Å². The van der Waals surface area contributed by atoms with Crippen molar-refractivity contribution >= 4 is 23.5 Å². The summed E-state index contributed by atoms with van der Waals surface area (Å²) in [6.07, 6.45) is 0. The average Bonchev–Trinajstić information content (AvgIpc) is 2.82. The highest BCUT2D eigenvalue weighted by atomic mass is 35.5. The third-order valence-electron chi connectivity index (χ3n) is 3.98. The number of hydrogen-bond donors (Lipinski definition) is 0. The number of amides is 1. The average molecular weight is 378 g/mol. The molecule has 0 unspecified atom stereocenters. The minimum absolute atomic E-state index is 0.187. The van der Waals surface area contributed by atoms with Crippen LogP contribution in [0.3, 0.4) is 0 Å². The summed E-state index contributed by atoms with van der Waals surface area (Å²) in [5.41, 5.74) is 1.24. The fraction of sp³-hybridized carbons (Fsp3) is 0.421. The third kappa shape index (κ3) is 4.64. The van der Waals surface area contributed by atoms with E-state index in [4.69, 9.17) is 16.3 Å². The lowest BCUT2D eigenvalue weighted by Crippen LogP contribution is -2.46. The Balaban J connectivity index is 2.08. The second kappa shape index (κ2) is 7.91. The summed E-state index contributed by atoms with van der Waals surface area (Å²) in [7, 11) is 1.64. The van der Waals surface area contributed by atoms with E-state index in [0.717, 1.165) is 5.56 Å². The molecule has 1 aromatic carbocycles. The first-order valence-corrected chi connectivity index (χ1v) is 8.69. The first-order valence-electron chi connectivity index (χ1n) is 8.32. The van der Waals surface area contributed by atoms with Crippen LogP contribution in [0.4, 0.5) is 0 Å². The lowest BCUT2D eigenvalue weighted by molar-refractivity contribution is -0.140. The fourth-order valence-electron chi connectivity index (χ4n) is 2.60. The Hall–Kier alpha value is -2.34. The molecule has 26 heavy (non-hydrogen) atoms. The third-order valence-corrected chi connectivity index (χ3v) is 4.41. The molecular weight excluding hydrogens is 354 g/mol. The second-order valence-corrected chi connectivity index (χ2v) is 7.45. The molecule has 0 bridgehead atoms. The van der Waals surface area contributed by atoms with Crippen LogP contribution in [-0.2, 0) is 23.1 Å². The standard InChI is InChI=1S/C19H24ClN3O3/c1-13-16(17(20)22(5)21-13)18(25)26-12-15(24)23(19(2,3)4)11-14-9-7-6-8-10-14/h6-10H,11-12H2,1-5H3. The van der Waals surface area contributed by atoms with E-state index in [1.807, 2.05) is 51.1 Å². The quantitative estimate of drug-likeness (QED) is 0.749. The van der Waals surface area contributed by atoms with Crippen LogP contribution in [0.1, 0.15) is 42.4 Å². The Labute approximate surface area is 158 Å². The Kier molecular flexibility index (Phi) is 6.08. The van der Waals surface area contributed by atoms with Gasteiger partial charge in [0.1, 0.15) is 10.7 Å². The van der Waals surface area contributed by atoms with Crippen LogP contribution < -0.4 is 0 Å². The van der Waals surface area contributed by atoms with Crippen molar-refractivity contribution in [1.82, 2.24) is 14.7 Å². The number of hydrogen-bond acceptors (Lipinski definition) is 4. The SMILES string of the molecule is Cc1nn(C)c(Cl)c1C(=O)OCC(=O)N(Cc1ccccc1)C(C)(C)C. The number of halogens is 1. The molecule has 0 aliphatic heterocycles. The van der Waals surface area contributed by atoms with E-state index in [1.54, 1.807) is 18.9 Å². The molecule has 1 heterocycles. The van der Waals surface area contributed by atoms with E-state index in [2.05, 4.69) is 5.10 Å². The monoisotopic (exact) mass is 377 g/mol. The molecule has 0 N–H and O–H groups in total. The van der Waals surface area contributed by atoms with Crippen molar-refractivity contribution in [2.24, 2.45) is 7.05 Å². The molecule has 0 aliphatic carbocycles. The summed E-state index contributed by atoms with van der Waals surface area (Å²) in [4.78, 5) is 26.7. The van der Waals surface area contributed by atoms with Gasteiger partial charge < -0.3 is 9.64 Å². The number of rotatable bonds is 5. The van der Waals surface area contributed by atoms with E-state index in [-0.39, 0.29) is 23.2 Å². The van der Waals surface area contributed by atoms with E-state index in [9.17, 15) is 9.59 Å². The molecule has 0 aliphatic rings. The molecule has 6 nitrogen and oxygen atoms in total. The maximum atomic E-state index is 12.7. The van der Waals surface area contributed by atoms with Crippen molar-refractivity contribution in [2.75, 3.05) is 6.61 Å². The zero-order valence-corrected chi connectivity index (χ0v) is 16.5. The van der Waals surface area contributed by atoms with Crippen molar-refractivity contribution in [3.05, 3.63) is 52.3 Å². The molecule has 0 radical (unpaired) electrons. The van der Waals surface area contributed by atoms with Gasteiger partial charge in [0.15, 0.2) is 6.61 Å². The van der Waals surface area contributed by atoms with Gasteiger partial charge in [-0.2, -0.15) is 5.10 Å². The van der Waals surface area contributed by atoms with Gasteiger partial charge in [-0.3, -0.25) is 9.48 Å². The highest BCUT2D eigenvalue weighted by molar-refractivity contribution is 6.32. The number of carbonyl (C=O) groups excluding carboxylic acids is 2. The highest BCUT2D eigenvalue weighted by Gasteiger charge is 2.28. The highest BCUT2D eigenvalue weighted by Crippen LogP contribution is 2.21. The Morgan fingerprint density at radius 1 is 1.23 bits per heavy atom. The minimum Gasteiger partial charge on any atom is -0.452 e. The number of benzene rings is 1. The Bertz CT molecular complexity index is 794. The van der Waals surface area contributed by atoms with E-state index >= 15 is 0 Å². The van der Waals surface area contributed by atoms with Gasteiger partial charge in [0.05, 0.1) is 5.69 Å². The predicted molar refractivity (Wildman–Crippen MR) is 100.0 cm³/mol. The van der Waals surface area contributed by atoms with Crippen LogP contribution in [0.15, 0.2) is 30.3 Å². The number of aryl methyl sites for hydroxylation is 2. The summed E-state index contributed by atoms with van der Waals surface area (Å²) in [5.74, 6) is -0.921. The van der Waals surface area contributed by atoms with Gasteiger partial charge in [-0.25, -0.2) is 4.79 Å². The summed E-state index contributed by atoms with van der Waals surface area (Å²) in [5, 5.41) is 4.27.